The molecule has 9 atom stereocenters. The van der Waals surface area contributed by atoms with Crippen molar-refractivity contribution in [1.82, 2.24) is 0 Å². The predicted octanol–water partition coefficient (Wildman–Crippen LogP) is 8.81. The van der Waals surface area contributed by atoms with Crippen LogP contribution in [0.4, 0.5) is 0 Å². The monoisotopic (exact) mass is 435 g/mol. The molecule has 0 heterocycles. The minimum atomic E-state index is -0.815. The molecule has 4 saturated carbocycles. The van der Waals surface area contributed by atoms with Gasteiger partial charge in [0, 0.05) is 0 Å². The van der Waals surface area contributed by atoms with Gasteiger partial charge in [-0.25, -0.2) is 0 Å². The normalized spacial score (nSPS) is 49.2. The molecule has 0 spiro atoms. The van der Waals surface area contributed by atoms with Gasteiger partial charge >= 0.3 is 0 Å². The van der Waals surface area contributed by atoms with Crippen molar-refractivity contribution < 1.29 is 0 Å². The summed E-state index contributed by atoms with van der Waals surface area (Å²) in [5.74, 6) is 5.93. The second kappa shape index (κ2) is 8.35. The average Bonchev–Trinajstić information content (AvgIpc) is 3.05. The van der Waals surface area contributed by atoms with Gasteiger partial charge in [-0.2, -0.15) is 0 Å². The van der Waals surface area contributed by atoms with Crippen molar-refractivity contribution in [2.75, 3.05) is 0 Å². The van der Waals surface area contributed by atoms with E-state index >= 15 is 0 Å². The van der Waals surface area contributed by atoms with Gasteiger partial charge in [-0.05, 0) is 115 Å². The fraction of sp³-hybridized carbons (Fsp3) is 1.00. The van der Waals surface area contributed by atoms with Crippen LogP contribution in [-0.4, -0.2) is 5.00 Å². The molecule has 0 radical (unpaired) electrons. The van der Waals surface area contributed by atoms with Crippen molar-refractivity contribution in [2.24, 2.45) is 57.4 Å². The Hall–Kier alpha value is -0.110. The van der Waals surface area contributed by atoms with E-state index in [1.165, 1.54) is 57.8 Å². The van der Waals surface area contributed by atoms with Crippen molar-refractivity contribution in [3.05, 3.63) is 4.91 Å². The van der Waals surface area contributed by atoms with E-state index < -0.39 is 5.00 Å². The maximum atomic E-state index is 11.4. The van der Waals surface area contributed by atoms with E-state index in [0.717, 1.165) is 54.8 Å². The molecule has 0 aromatic carbocycles. The Morgan fingerprint density at radius 1 is 0.900 bits per heavy atom. The summed E-state index contributed by atoms with van der Waals surface area (Å²) < 4.78 is 0. The maximum absolute atomic E-state index is 11.4. The molecule has 2 nitrogen and oxygen atoms in total. The van der Waals surface area contributed by atoms with Gasteiger partial charge in [-0.15, -0.1) is 4.91 Å². The van der Waals surface area contributed by atoms with Gasteiger partial charge in [-0.1, -0.05) is 65.5 Å². The number of fused-ring (bicyclic) bond motifs is 5. The highest BCUT2D eigenvalue weighted by molar-refractivity contribution is 6.23. The number of nitroso groups, excluding NO2 is 1. The molecule has 0 saturated heterocycles. The van der Waals surface area contributed by atoms with Crippen LogP contribution in [0.2, 0.25) is 0 Å². The first kappa shape index (κ1) is 23.1. The lowest BCUT2D eigenvalue weighted by Crippen LogP contribution is -2.55. The van der Waals surface area contributed by atoms with Crippen molar-refractivity contribution in [3.8, 4) is 0 Å². The van der Waals surface area contributed by atoms with E-state index in [9.17, 15) is 4.91 Å². The zero-order valence-corrected chi connectivity index (χ0v) is 21.0. The van der Waals surface area contributed by atoms with E-state index in [1.807, 2.05) is 0 Å². The molecule has 172 valence electrons. The summed E-state index contributed by atoms with van der Waals surface area (Å²) in [6.07, 6.45) is 15.3. The summed E-state index contributed by atoms with van der Waals surface area (Å²) >= 11 is 6.56. The van der Waals surface area contributed by atoms with Gasteiger partial charge in [0.25, 0.3) is 0 Å². The zero-order chi connectivity index (χ0) is 21.7. The highest BCUT2D eigenvalue weighted by atomic mass is 35.5. The minimum absolute atomic E-state index is 0.383. The quantitative estimate of drug-likeness (QED) is 0.232. The number of hydrogen-bond acceptors (Lipinski definition) is 2. The van der Waals surface area contributed by atoms with Crippen LogP contribution in [-0.2, 0) is 0 Å². The first-order valence-corrected chi connectivity index (χ1v) is 13.5. The fourth-order valence-electron chi connectivity index (χ4n) is 9.31. The van der Waals surface area contributed by atoms with Gasteiger partial charge in [0.2, 0.25) is 0 Å². The Morgan fingerprint density at radius 2 is 1.63 bits per heavy atom. The molecule has 4 fully saturated rings. The molecule has 0 aliphatic heterocycles. The Kier molecular flexibility index (Phi) is 6.42. The SMILES string of the molecule is CC(C)CCC[C@@H](C)[C@H]1CC[C@H]2[C@@H]3CC[C@@H]4CC(Cl)(N=O)CC[C@]4(C)[C@H]3CC[C@]12C. The fourth-order valence-corrected chi connectivity index (χ4v) is 9.59. The highest BCUT2D eigenvalue weighted by Gasteiger charge is 2.61. The summed E-state index contributed by atoms with van der Waals surface area (Å²) in [6.45, 7) is 12.5. The summed E-state index contributed by atoms with van der Waals surface area (Å²) in [7, 11) is 0. The predicted molar refractivity (Wildman–Crippen MR) is 127 cm³/mol. The lowest BCUT2D eigenvalue weighted by molar-refractivity contribution is -0.118. The second-order valence-electron chi connectivity index (χ2n) is 12.9. The van der Waals surface area contributed by atoms with Crippen LogP contribution >= 0.6 is 11.6 Å². The zero-order valence-electron chi connectivity index (χ0n) is 20.3. The van der Waals surface area contributed by atoms with E-state index in [4.69, 9.17) is 11.6 Å². The number of alkyl halides is 1. The van der Waals surface area contributed by atoms with Gasteiger partial charge in [0.05, 0.1) is 0 Å². The number of rotatable bonds is 6. The maximum Gasteiger partial charge on any atom is 0.175 e. The van der Waals surface area contributed by atoms with Crippen molar-refractivity contribution >= 4 is 11.6 Å². The molecule has 4 aliphatic rings. The van der Waals surface area contributed by atoms with Crippen LogP contribution < -0.4 is 0 Å². The van der Waals surface area contributed by atoms with Crippen LogP contribution in [0.1, 0.15) is 112 Å². The van der Waals surface area contributed by atoms with E-state index in [2.05, 4.69) is 39.8 Å². The molecule has 30 heavy (non-hydrogen) atoms. The summed E-state index contributed by atoms with van der Waals surface area (Å²) in [4.78, 5) is 10.5. The molecule has 0 aromatic heterocycles. The third-order valence-electron chi connectivity index (χ3n) is 11.0. The van der Waals surface area contributed by atoms with Gasteiger partial charge in [0.15, 0.2) is 5.00 Å². The third-order valence-corrected chi connectivity index (χ3v) is 11.4. The molecule has 0 aromatic rings. The summed E-state index contributed by atoms with van der Waals surface area (Å²) in [5.41, 5.74) is 0.950. The second-order valence-corrected chi connectivity index (χ2v) is 13.6. The molecule has 0 amide bonds. The van der Waals surface area contributed by atoms with E-state index in [0.29, 0.717) is 16.7 Å². The molecular weight excluding hydrogens is 390 g/mol. The molecular formula is C27H46ClNO. The Labute approximate surface area is 190 Å². The molecule has 0 bridgehead atoms. The van der Waals surface area contributed by atoms with Crippen LogP contribution in [0.25, 0.3) is 0 Å². The Bertz CT molecular complexity index is 636. The van der Waals surface area contributed by atoms with E-state index in [1.54, 1.807) is 0 Å². The first-order chi connectivity index (χ1) is 14.1. The Balaban J connectivity index is 1.47. The first-order valence-electron chi connectivity index (χ1n) is 13.2. The average molecular weight is 436 g/mol. The van der Waals surface area contributed by atoms with Crippen LogP contribution in [0.3, 0.4) is 0 Å². The Morgan fingerprint density at radius 3 is 2.33 bits per heavy atom. The number of hydrogen-bond donors (Lipinski definition) is 0. The molecule has 4 aliphatic carbocycles. The molecule has 4 rings (SSSR count). The van der Waals surface area contributed by atoms with Crippen LogP contribution in [0.5, 0.6) is 0 Å². The topological polar surface area (TPSA) is 29.4 Å². The number of halogens is 1. The smallest absolute Gasteiger partial charge is 0.149 e. The summed E-state index contributed by atoms with van der Waals surface area (Å²) in [6, 6.07) is 0. The largest absolute Gasteiger partial charge is 0.175 e. The van der Waals surface area contributed by atoms with Crippen LogP contribution in [0.15, 0.2) is 5.18 Å². The van der Waals surface area contributed by atoms with Crippen molar-refractivity contribution in [3.63, 3.8) is 0 Å². The molecule has 0 N–H and O–H groups in total. The highest BCUT2D eigenvalue weighted by Crippen LogP contribution is 2.69. The van der Waals surface area contributed by atoms with Gasteiger partial charge < -0.3 is 0 Å². The van der Waals surface area contributed by atoms with Gasteiger partial charge in [0.1, 0.15) is 0 Å². The number of nitrogens with zero attached hydrogens (tertiary/aromatic N) is 1. The van der Waals surface area contributed by atoms with Crippen LogP contribution in [0, 0.1) is 57.2 Å². The molecule has 1 unspecified atom stereocenters. The lowest BCUT2D eigenvalue weighted by Gasteiger charge is -2.61. The lowest BCUT2D eigenvalue weighted by atomic mass is 9.44. The van der Waals surface area contributed by atoms with E-state index in [-0.39, 0.29) is 0 Å². The van der Waals surface area contributed by atoms with Gasteiger partial charge in [-0.3, -0.25) is 0 Å². The third kappa shape index (κ3) is 3.80. The van der Waals surface area contributed by atoms with Crippen molar-refractivity contribution in [1.29, 1.82) is 0 Å². The minimum Gasteiger partial charge on any atom is -0.149 e. The summed E-state index contributed by atoms with van der Waals surface area (Å²) in [5, 5.41) is 3.35. The standard InChI is InChI=1S/C27H46ClNO/c1-18(2)7-6-8-19(3)22-11-12-23-21-10-9-20-17-27(28,29-30)16-15-25(20,4)24(21)13-14-26(22,23)5/h18-24H,6-17H2,1-5H3/t19-,20-,21+,22-,23+,24+,25+,26-,27?/m1/s1. The molecule has 3 heteroatoms. The van der Waals surface area contributed by atoms with Crippen molar-refractivity contribution in [2.45, 2.75) is 117 Å².